The van der Waals surface area contributed by atoms with Gasteiger partial charge in [-0.3, -0.25) is 9.59 Å². The van der Waals surface area contributed by atoms with Crippen molar-refractivity contribution in [3.05, 3.63) is 11.6 Å². The van der Waals surface area contributed by atoms with Gasteiger partial charge in [-0.15, -0.1) is 0 Å². The number of hydrogen-bond acceptors (Lipinski definition) is 6. The largest absolute Gasteiger partial charge is 0.465 e. The van der Waals surface area contributed by atoms with E-state index in [0.717, 1.165) is 44.1 Å². The second-order valence-electron chi connectivity index (χ2n) is 10.8. The Bertz CT molecular complexity index is 762. The Morgan fingerprint density at radius 1 is 1.10 bits per heavy atom. The molecule has 3 aliphatic carbocycles. The number of hydrogen-bond donors (Lipinski definition) is 0. The summed E-state index contributed by atoms with van der Waals surface area (Å²) < 4.78 is 11.4. The van der Waals surface area contributed by atoms with Crippen LogP contribution in [0.5, 0.6) is 0 Å². The first-order valence-electron chi connectivity index (χ1n) is 11.4. The molecule has 0 aromatic rings. The Hall–Kier alpha value is -1.40. The summed E-state index contributed by atoms with van der Waals surface area (Å²) in [6.07, 6.45) is 7.37. The van der Waals surface area contributed by atoms with Crippen LogP contribution in [0.15, 0.2) is 11.6 Å². The number of fused-ring (bicyclic) bond motifs is 3. The summed E-state index contributed by atoms with van der Waals surface area (Å²) >= 11 is 0. The lowest BCUT2D eigenvalue weighted by molar-refractivity contribution is -0.468. The van der Waals surface area contributed by atoms with E-state index in [1.165, 1.54) is 13.8 Å². The van der Waals surface area contributed by atoms with E-state index in [2.05, 4.69) is 33.8 Å². The van der Waals surface area contributed by atoms with E-state index < -0.39 is 11.2 Å². The highest BCUT2D eigenvalue weighted by Gasteiger charge is 2.70. The van der Waals surface area contributed by atoms with Gasteiger partial charge in [-0.25, -0.2) is 9.78 Å². The molecule has 6 atom stereocenters. The number of ether oxygens (including phenoxy) is 2. The van der Waals surface area contributed by atoms with Crippen LogP contribution in [0, 0.1) is 22.7 Å². The van der Waals surface area contributed by atoms with E-state index in [9.17, 15) is 9.59 Å². The van der Waals surface area contributed by atoms with Gasteiger partial charge in [0.15, 0.2) is 0 Å². The zero-order chi connectivity index (χ0) is 21.9. The minimum atomic E-state index is -0.607. The van der Waals surface area contributed by atoms with E-state index in [4.69, 9.17) is 19.2 Å². The van der Waals surface area contributed by atoms with E-state index in [1.54, 1.807) is 0 Å². The fraction of sp³-hybridized carbons (Fsp3) is 0.833. The molecule has 2 aliphatic heterocycles. The molecule has 5 aliphatic rings. The molecule has 3 fully saturated rings. The van der Waals surface area contributed by atoms with Gasteiger partial charge >= 0.3 is 11.9 Å². The summed E-state index contributed by atoms with van der Waals surface area (Å²) in [4.78, 5) is 36.1. The van der Waals surface area contributed by atoms with Gasteiger partial charge in [-0.05, 0) is 50.0 Å². The molecule has 0 radical (unpaired) electrons. The molecule has 6 nitrogen and oxygen atoms in total. The molecule has 1 spiro atoms. The van der Waals surface area contributed by atoms with Gasteiger partial charge in [0.1, 0.15) is 17.3 Å². The summed E-state index contributed by atoms with van der Waals surface area (Å²) in [7, 11) is 0. The smallest absolute Gasteiger partial charge is 0.303 e. The predicted molar refractivity (Wildman–Crippen MR) is 110 cm³/mol. The predicted octanol–water partition coefficient (Wildman–Crippen LogP) is 4.51. The van der Waals surface area contributed by atoms with Gasteiger partial charge in [0.2, 0.25) is 0 Å². The van der Waals surface area contributed by atoms with Crippen molar-refractivity contribution in [3.63, 3.8) is 0 Å². The van der Waals surface area contributed by atoms with E-state index in [-0.39, 0.29) is 40.7 Å². The van der Waals surface area contributed by atoms with Crippen LogP contribution in [0.2, 0.25) is 0 Å². The maximum absolute atomic E-state index is 12.0. The standard InChI is InChI=1S/C24H36O6/c1-15(2)23-10-11-24(30-29-23)18(13-23)19(28-17(4)26)12-20-21(5,14-27-16(3)25)8-7-9-22(20,24)6/h13,15,19-20H,7-12,14H2,1-6H3/t19-,20?,21+,22+,23-,24+/m1/s1. The normalized spacial score (nSPS) is 44.7. The van der Waals surface area contributed by atoms with E-state index in [1.807, 2.05) is 0 Å². The zero-order valence-corrected chi connectivity index (χ0v) is 19.2. The average Bonchev–Trinajstić information content (AvgIpc) is 2.68. The lowest BCUT2D eigenvalue weighted by Crippen LogP contribution is -2.70. The van der Waals surface area contributed by atoms with Crippen molar-refractivity contribution in [2.24, 2.45) is 22.7 Å². The van der Waals surface area contributed by atoms with Gasteiger partial charge in [-0.1, -0.05) is 34.1 Å². The fourth-order valence-electron chi connectivity index (χ4n) is 6.98. The van der Waals surface area contributed by atoms with Crippen LogP contribution < -0.4 is 0 Å². The molecule has 0 amide bonds. The molecule has 5 rings (SSSR count). The Labute approximate surface area is 179 Å². The van der Waals surface area contributed by atoms with Crippen LogP contribution in [0.4, 0.5) is 0 Å². The van der Waals surface area contributed by atoms with Crippen LogP contribution >= 0.6 is 0 Å². The van der Waals surface area contributed by atoms with Crippen molar-refractivity contribution in [1.82, 2.24) is 0 Å². The zero-order valence-electron chi connectivity index (χ0n) is 19.2. The number of carbonyl (C=O) groups excluding carboxylic acids is 2. The van der Waals surface area contributed by atoms with Crippen molar-refractivity contribution in [2.75, 3.05) is 6.61 Å². The Morgan fingerprint density at radius 2 is 1.83 bits per heavy atom. The molecule has 0 N–H and O–H groups in total. The molecule has 2 saturated carbocycles. The van der Waals surface area contributed by atoms with Gasteiger partial charge in [0.25, 0.3) is 0 Å². The molecular weight excluding hydrogens is 384 g/mol. The molecule has 0 aromatic carbocycles. The van der Waals surface area contributed by atoms with Crippen molar-refractivity contribution in [2.45, 2.75) is 97.4 Å². The molecular formula is C24H36O6. The third-order valence-corrected chi connectivity index (χ3v) is 8.74. The number of esters is 2. The third-order valence-electron chi connectivity index (χ3n) is 8.74. The van der Waals surface area contributed by atoms with Crippen LogP contribution in [0.3, 0.4) is 0 Å². The molecule has 1 unspecified atom stereocenters. The van der Waals surface area contributed by atoms with E-state index in [0.29, 0.717) is 6.61 Å². The maximum atomic E-state index is 12.0. The molecule has 2 heterocycles. The average molecular weight is 421 g/mol. The summed E-state index contributed by atoms with van der Waals surface area (Å²) in [5.74, 6) is -0.107. The van der Waals surface area contributed by atoms with Crippen LogP contribution in [-0.4, -0.2) is 35.9 Å². The first-order valence-corrected chi connectivity index (χ1v) is 11.4. The first kappa shape index (κ1) is 21.8. The third kappa shape index (κ3) is 2.97. The molecule has 2 bridgehead atoms. The van der Waals surface area contributed by atoms with Crippen LogP contribution in [0.1, 0.15) is 80.1 Å². The Balaban J connectivity index is 1.81. The van der Waals surface area contributed by atoms with Crippen molar-refractivity contribution in [1.29, 1.82) is 0 Å². The number of rotatable bonds is 4. The lowest BCUT2D eigenvalue weighted by Gasteiger charge is -2.67. The quantitative estimate of drug-likeness (QED) is 0.378. The van der Waals surface area contributed by atoms with Crippen LogP contribution in [-0.2, 0) is 28.8 Å². The summed E-state index contributed by atoms with van der Waals surface area (Å²) in [5, 5.41) is 0. The van der Waals surface area contributed by atoms with Gasteiger partial charge in [-0.2, -0.15) is 0 Å². The Morgan fingerprint density at radius 3 is 2.40 bits per heavy atom. The summed E-state index contributed by atoms with van der Waals surface area (Å²) in [5.41, 5.74) is -0.380. The van der Waals surface area contributed by atoms with Gasteiger partial charge in [0.05, 0.1) is 6.61 Å². The topological polar surface area (TPSA) is 71.1 Å². The Kier molecular flexibility index (Phi) is 5.13. The summed E-state index contributed by atoms with van der Waals surface area (Å²) in [6.45, 7) is 12.1. The van der Waals surface area contributed by atoms with Gasteiger partial charge in [0, 0.05) is 30.3 Å². The minimum absolute atomic E-state index is 0.174. The first-order chi connectivity index (χ1) is 14.0. The maximum Gasteiger partial charge on any atom is 0.303 e. The molecule has 168 valence electrons. The second-order valence-corrected chi connectivity index (χ2v) is 10.8. The summed E-state index contributed by atoms with van der Waals surface area (Å²) in [6, 6.07) is 0. The molecule has 6 heteroatoms. The van der Waals surface area contributed by atoms with Crippen LogP contribution in [0.25, 0.3) is 0 Å². The SMILES string of the molecule is CC(=O)OC[C@]1(C)CCC[C@@]2(C)C1C[C@@H](OC(C)=O)C1=C[C@@]3(C(C)C)CC[C@]12OO3. The highest BCUT2D eigenvalue weighted by atomic mass is 17.2. The monoisotopic (exact) mass is 420 g/mol. The fourth-order valence-corrected chi connectivity index (χ4v) is 6.98. The molecule has 30 heavy (non-hydrogen) atoms. The highest BCUT2D eigenvalue weighted by Crippen LogP contribution is 2.69. The minimum Gasteiger partial charge on any atom is -0.465 e. The molecule has 1 saturated heterocycles. The van der Waals surface area contributed by atoms with Crippen molar-refractivity contribution in [3.8, 4) is 0 Å². The molecule has 0 aromatic heterocycles. The van der Waals surface area contributed by atoms with Crippen molar-refractivity contribution < 1.29 is 28.8 Å². The van der Waals surface area contributed by atoms with E-state index >= 15 is 0 Å². The van der Waals surface area contributed by atoms with Gasteiger partial charge < -0.3 is 9.47 Å². The second kappa shape index (κ2) is 7.06. The van der Waals surface area contributed by atoms with Crippen molar-refractivity contribution >= 4 is 11.9 Å². The number of carbonyl (C=O) groups is 2. The lowest BCUT2D eigenvalue weighted by atomic mass is 9.43. The highest BCUT2D eigenvalue weighted by molar-refractivity contribution is 5.67.